The summed E-state index contributed by atoms with van der Waals surface area (Å²) in [5.41, 5.74) is 0. The fourth-order valence-electron chi connectivity index (χ4n) is 8.21. The summed E-state index contributed by atoms with van der Waals surface area (Å²) < 4.78 is 62.0. The topological polar surface area (TPSA) is 486 Å². The van der Waals surface area contributed by atoms with Gasteiger partial charge in [0.05, 0.1) is 39.6 Å². The second kappa shape index (κ2) is 22.7. The standard InChI is InChI=1S/C35H60O30/c36-1-8-13(42)17(46)21(50)32(57-8)61-25-7(41)6-55-31(23(25)52)64-28-16(45)11(4-39)60-35(62-26-12(5-40)56-30(54)20(49)19(26)48)29(28)65-34-24(53)27(15(44)10(3-38)59-34)63-33-22(51)18(47)14(43)9(2-37)58-33/h7-54H,1-6H2/t7-,8-,9-,10-,11-,12-,13-,14-,15-,16-,17+,18+,19-,20-,21-,22-,23-,24-,25+,26+,27+,28+,29-,30?,31+,32+,33+,34+,35+/m1/s1. The van der Waals surface area contributed by atoms with Gasteiger partial charge < -0.3 is 149 Å². The maximum absolute atomic E-state index is 11.6. The minimum atomic E-state index is -2.26. The normalized spacial score (nSPS) is 53.5. The van der Waals surface area contributed by atoms with Gasteiger partial charge in [-0.2, -0.15) is 0 Å². The third-order valence-corrected chi connectivity index (χ3v) is 12.0. The molecule has 29 atom stereocenters. The van der Waals surface area contributed by atoms with Gasteiger partial charge in [0, 0.05) is 0 Å². The van der Waals surface area contributed by atoms with E-state index in [-0.39, 0.29) is 0 Å². The molecule has 0 amide bonds. The zero-order valence-corrected chi connectivity index (χ0v) is 34.0. The minimum Gasteiger partial charge on any atom is -0.394 e. The van der Waals surface area contributed by atoms with E-state index in [2.05, 4.69) is 0 Å². The highest BCUT2D eigenvalue weighted by Gasteiger charge is 2.58. The van der Waals surface area contributed by atoms with Crippen LogP contribution in [0.25, 0.3) is 0 Å². The van der Waals surface area contributed by atoms with Crippen molar-refractivity contribution in [3.05, 3.63) is 0 Å². The van der Waals surface area contributed by atoms with Crippen molar-refractivity contribution in [3.8, 4) is 0 Å². The quantitative estimate of drug-likeness (QED) is 0.0724. The molecule has 30 nitrogen and oxygen atoms in total. The smallest absolute Gasteiger partial charge is 0.187 e. The lowest BCUT2D eigenvalue weighted by molar-refractivity contribution is -0.410. The number of aliphatic hydroxyl groups is 19. The Balaban J connectivity index is 1.32. The summed E-state index contributed by atoms with van der Waals surface area (Å²) in [6.07, 6.45) is -56.4. The molecule has 1 unspecified atom stereocenters. The summed E-state index contributed by atoms with van der Waals surface area (Å²) in [6.45, 7) is -5.57. The third kappa shape index (κ3) is 10.9. The number of rotatable bonds is 15. The summed E-state index contributed by atoms with van der Waals surface area (Å²) in [5, 5.41) is 200. The third-order valence-electron chi connectivity index (χ3n) is 12.0. The molecule has 0 aromatic rings. The Bertz CT molecular complexity index is 1450. The highest BCUT2D eigenvalue weighted by Crippen LogP contribution is 2.37. The minimum absolute atomic E-state index is 0.737. The van der Waals surface area contributed by atoms with Gasteiger partial charge in [-0.25, -0.2) is 0 Å². The summed E-state index contributed by atoms with van der Waals surface area (Å²) >= 11 is 0. The Morgan fingerprint density at radius 2 is 0.677 bits per heavy atom. The van der Waals surface area contributed by atoms with Crippen molar-refractivity contribution in [2.45, 2.75) is 178 Å². The number of ether oxygens (including phenoxy) is 11. The van der Waals surface area contributed by atoms with Crippen molar-refractivity contribution < 1.29 is 149 Å². The lowest BCUT2D eigenvalue weighted by Crippen LogP contribution is -2.69. The second-order valence-corrected chi connectivity index (χ2v) is 16.3. The molecule has 6 rings (SSSR count). The number of hydrogen-bond acceptors (Lipinski definition) is 30. The van der Waals surface area contributed by atoms with Crippen LogP contribution >= 0.6 is 0 Å². The predicted molar refractivity (Wildman–Crippen MR) is 193 cm³/mol. The summed E-state index contributed by atoms with van der Waals surface area (Å²) in [6, 6.07) is 0. The largest absolute Gasteiger partial charge is 0.394 e. The van der Waals surface area contributed by atoms with Crippen LogP contribution in [0.15, 0.2) is 0 Å². The van der Waals surface area contributed by atoms with E-state index < -0.39 is 218 Å². The average Bonchev–Trinajstić information content (AvgIpc) is 3.29. The van der Waals surface area contributed by atoms with E-state index >= 15 is 0 Å². The summed E-state index contributed by atoms with van der Waals surface area (Å²) in [5.74, 6) is 0. The molecule has 65 heavy (non-hydrogen) atoms. The molecule has 6 heterocycles. The molecule has 6 aliphatic heterocycles. The van der Waals surface area contributed by atoms with E-state index in [0.717, 1.165) is 0 Å². The van der Waals surface area contributed by atoms with Crippen molar-refractivity contribution in [2.24, 2.45) is 0 Å². The Morgan fingerprint density at radius 3 is 1.18 bits per heavy atom. The molecule has 0 saturated carbocycles. The first kappa shape index (κ1) is 53.2. The van der Waals surface area contributed by atoms with Crippen molar-refractivity contribution in [1.29, 1.82) is 0 Å². The monoisotopic (exact) mass is 960 g/mol. The molecule has 0 bridgehead atoms. The molecule has 0 spiro atoms. The van der Waals surface area contributed by atoms with Crippen LogP contribution in [-0.4, -0.2) is 315 Å². The Hall–Kier alpha value is -1.20. The fraction of sp³-hybridized carbons (Fsp3) is 1.00. The molecule has 380 valence electrons. The molecule has 0 radical (unpaired) electrons. The molecule has 6 aliphatic rings. The maximum Gasteiger partial charge on any atom is 0.187 e. The first-order valence-electron chi connectivity index (χ1n) is 20.6. The van der Waals surface area contributed by atoms with Gasteiger partial charge in [-0.15, -0.1) is 0 Å². The van der Waals surface area contributed by atoms with Crippen LogP contribution in [0.3, 0.4) is 0 Å². The van der Waals surface area contributed by atoms with E-state index in [4.69, 9.17) is 52.1 Å². The van der Waals surface area contributed by atoms with E-state index in [1.807, 2.05) is 0 Å². The zero-order valence-electron chi connectivity index (χ0n) is 34.0. The molecular weight excluding hydrogens is 900 g/mol. The second-order valence-electron chi connectivity index (χ2n) is 16.3. The van der Waals surface area contributed by atoms with Crippen molar-refractivity contribution in [2.75, 3.05) is 39.6 Å². The lowest BCUT2D eigenvalue weighted by Gasteiger charge is -2.51. The van der Waals surface area contributed by atoms with Crippen molar-refractivity contribution in [3.63, 3.8) is 0 Å². The maximum atomic E-state index is 11.6. The molecule has 0 aliphatic carbocycles. The van der Waals surface area contributed by atoms with Crippen LogP contribution in [0, 0.1) is 0 Å². The predicted octanol–water partition coefficient (Wildman–Crippen LogP) is -13.5. The van der Waals surface area contributed by atoms with Gasteiger partial charge in [0.25, 0.3) is 0 Å². The SMILES string of the molecule is OC[C@H]1O[C@@H](O[C@@H]2[C@@H](O)[C@H](O[C@H]3[C@H](O[C@@H]4[C@H](O)[C@@H](O)C(O)O[C@@H]4CO)O[C@H](CO)[C@@H](O)[C@@H]3O[C@@H]3OC[C@@H](O)[C@H](O[C@@H]4O[C@H](CO)[C@@H](O)[C@H](O)[C@H]4O)[C@H]3O)O[C@H](CO)[C@H]2O)[C@H](O)[C@@H](O)[C@@H]1O. The van der Waals surface area contributed by atoms with Gasteiger partial charge in [0.1, 0.15) is 140 Å². The fourth-order valence-corrected chi connectivity index (χ4v) is 8.21. The molecule has 6 saturated heterocycles. The van der Waals surface area contributed by atoms with Gasteiger partial charge in [-0.3, -0.25) is 0 Å². The first-order chi connectivity index (χ1) is 30.8. The number of aliphatic hydroxyl groups excluding tert-OH is 19. The van der Waals surface area contributed by atoms with Gasteiger partial charge >= 0.3 is 0 Å². The first-order valence-corrected chi connectivity index (χ1v) is 20.6. The molecule has 19 N–H and O–H groups in total. The van der Waals surface area contributed by atoms with Crippen molar-refractivity contribution >= 4 is 0 Å². The van der Waals surface area contributed by atoms with Gasteiger partial charge in [0.15, 0.2) is 37.7 Å². The average molecular weight is 961 g/mol. The van der Waals surface area contributed by atoms with Crippen LogP contribution < -0.4 is 0 Å². The van der Waals surface area contributed by atoms with E-state index in [1.54, 1.807) is 0 Å². The Morgan fingerprint density at radius 1 is 0.292 bits per heavy atom. The molecule has 30 heteroatoms. The van der Waals surface area contributed by atoms with Gasteiger partial charge in [0.2, 0.25) is 0 Å². The van der Waals surface area contributed by atoms with Crippen molar-refractivity contribution in [1.82, 2.24) is 0 Å². The molecule has 6 fully saturated rings. The van der Waals surface area contributed by atoms with Crippen LogP contribution in [-0.2, 0) is 52.1 Å². The highest BCUT2D eigenvalue weighted by atomic mass is 16.8. The number of hydrogen-bond donors (Lipinski definition) is 19. The zero-order chi connectivity index (χ0) is 47.8. The van der Waals surface area contributed by atoms with E-state index in [0.29, 0.717) is 0 Å². The van der Waals surface area contributed by atoms with Gasteiger partial charge in [-0.1, -0.05) is 0 Å². The van der Waals surface area contributed by atoms with Gasteiger partial charge in [-0.05, 0) is 0 Å². The van der Waals surface area contributed by atoms with Crippen LogP contribution in [0.2, 0.25) is 0 Å². The molecule has 0 aromatic carbocycles. The molecule has 0 aromatic heterocycles. The van der Waals surface area contributed by atoms with Crippen LogP contribution in [0.4, 0.5) is 0 Å². The van der Waals surface area contributed by atoms with Crippen LogP contribution in [0.5, 0.6) is 0 Å². The van der Waals surface area contributed by atoms with E-state index in [9.17, 15) is 97.0 Å². The highest BCUT2D eigenvalue weighted by molar-refractivity contribution is 5.00. The Labute approximate surface area is 366 Å². The van der Waals surface area contributed by atoms with E-state index in [1.165, 1.54) is 0 Å². The van der Waals surface area contributed by atoms with Crippen LogP contribution in [0.1, 0.15) is 0 Å². The Kier molecular flexibility index (Phi) is 18.6. The summed E-state index contributed by atoms with van der Waals surface area (Å²) in [7, 11) is 0. The summed E-state index contributed by atoms with van der Waals surface area (Å²) in [4.78, 5) is 0. The molecular formula is C35H60O30. The lowest BCUT2D eigenvalue weighted by atomic mass is 9.95.